The van der Waals surface area contributed by atoms with Crippen LogP contribution in [0.4, 0.5) is 0 Å². The molecule has 1 unspecified atom stereocenters. The molecule has 4 heteroatoms. The fourth-order valence-electron chi connectivity index (χ4n) is 3.72. The quantitative estimate of drug-likeness (QED) is 0.744. The van der Waals surface area contributed by atoms with Gasteiger partial charge in [0.25, 0.3) is 0 Å². The molecular formula is C21H22O4. The zero-order chi connectivity index (χ0) is 17.1. The van der Waals surface area contributed by atoms with Crippen LogP contribution in [0, 0.1) is 5.92 Å². The molecule has 2 aromatic carbocycles. The molecule has 0 amide bonds. The maximum Gasteiger partial charge on any atom is 0.338 e. The van der Waals surface area contributed by atoms with Gasteiger partial charge in [0.2, 0.25) is 6.79 Å². The summed E-state index contributed by atoms with van der Waals surface area (Å²) in [6.45, 7) is 0.247. The highest BCUT2D eigenvalue weighted by molar-refractivity contribution is 5.89. The number of fused-ring (bicyclic) bond motifs is 1. The molecule has 1 fully saturated rings. The van der Waals surface area contributed by atoms with Crippen LogP contribution in [-0.2, 0) is 4.74 Å². The second-order valence-corrected chi connectivity index (χ2v) is 6.70. The van der Waals surface area contributed by atoms with Crippen LogP contribution < -0.4 is 9.47 Å². The van der Waals surface area contributed by atoms with Crippen LogP contribution in [0.25, 0.3) is 0 Å². The first kappa shape index (κ1) is 16.0. The predicted molar refractivity (Wildman–Crippen MR) is 93.7 cm³/mol. The van der Waals surface area contributed by atoms with Crippen molar-refractivity contribution in [2.75, 3.05) is 6.79 Å². The Morgan fingerprint density at radius 1 is 0.960 bits per heavy atom. The lowest BCUT2D eigenvalue weighted by atomic mass is 9.82. The molecule has 0 radical (unpaired) electrons. The summed E-state index contributed by atoms with van der Waals surface area (Å²) in [6.07, 6.45) is 5.56. The van der Waals surface area contributed by atoms with Gasteiger partial charge in [-0.25, -0.2) is 4.79 Å². The monoisotopic (exact) mass is 338 g/mol. The van der Waals surface area contributed by atoms with Gasteiger partial charge in [-0.15, -0.1) is 0 Å². The second kappa shape index (κ2) is 7.18. The van der Waals surface area contributed by atoms with Crippen molar-refractivity contribution in [3.63, 3.8) is 0 Å². The van der Waals surface area contributed by atoms with Crippen molar-refractivity contribution in [1.29, 1.82) is 0 Å². The number of carbonyl (C=O) groups excluding carboxylic acids is 1. The standard InChI is InChI=1S/C21H22O4/c22-21(16-9-5-2-6-10-16)25-20(15-7-3-1-4-8-15)17-11-12-18-19(13-17)24-14-23-18/h2,5-6,9-13,15,20H,1,3-4,7-8,14H2. The van der Waals surface area contributed by atoms with E-state index in [1.54, 1.807) is 12.1 Å². The molecule has 25 heavy (non-hydrogen) atoms. The minimum atomic E-state index is -0.270. The second-order valence-electron chi connectivity index (χ2n) is 6.70. The van der Waals surface area contributed by atoms with Crippen molar-refractivity contribution in [2.24, 2.45) is 5.92 Å². The van der Waals surface area contributed by atoms with E-state index in [2.05, 4.69) is 0 Å². The fourth-order valence-corrected chi connectivity index (χ4v) is 3.72. The SMILES string of the molecule is O=C(OC(c1ccc2c(c1)OCO2)C1CCCCC1)c1ccccc1. The molecule has 0 spiro atoms. The Bertz CT molecular complexity index is 735. The minimum absolute atomic E-state index is 0.247. The molecule has 0 bridgehead atoms. The Morgan fingerprint density at radius 3 is 2.52 bits per heavy atom. The van der Waals surface area contributed by atoms with Gasteiger partial charge in [-0.1, -0.05) is 43.5 Å². The van der Waals surface area contributed by atoms with Crippen LogP contribution in [0.5, 0.6) is 11.5 Å². The average Bonchev–Trinajstić information content (AvgIpc) is 3.15. The molecule has 1 aliphatic carbocycles. The Labute approximate surface area is 147 Å². The first-order valence-electron chi connectivity index (χ1n) is 8.97. The summed E-state index contributed by atoms with van der Waals surface area (Å²) in [5, 5.41) is 0. The largest absolute Gasteiger partial charge is 0.454 e. The summed E-state index contributed by atoms with van der Waals surface area (Å²) in [5.74, 6) is 1.56. The van der Waals surface area contributed by atoms with Crippen LogP contribution in [0.3, 0.4) is 0 Å². The Balaban J connectivity index is 1.61. The molecular weight excluding hydrogens is 316 g/mol. The van der Waals surface area contributed by atoms with Gasteiger partial charge in [0.15, 0.2) is 11.5 Å². The van der Waals surface area contributed by atoms with Crippen LogP contribution in [0.15, 0.2) is 48.5 Å². The van der Waals surface area contributed by atoms with Gasteiger partial charge >= 0.3 is 5.97 Å². The molecule has 0 N–H and O–H groups in total. The van der Waals surface area contributed by atoms with Gasteiger partial charge in [-0.3, -0.25) is 0 Å². The van der Waals surface area contributed by atoms with E-state index in [9.17, 15) is 4.79 Å². The van der Waals surface area contributed by atoms with Gasteiger partial charge in [0, 0.05) is 5.92 Å². The molecule has 4 nitrogen and oxygen atoms in total. The van der Waals surface area contributed by atoms with Gasteiger partial charge in [0.1, 0.15) is 6.10 Å². The highest BCUT2D eigenvalue weighted by Crippen LogP contribution is 2.41. The normalized spacial score (nSPS) is 17.9. The maximum atomic E-state index is 12.6. The molecule has 2 aliphatic rings. The molecule has 0 aromatic heterocycles. The summed E-state index contributed by atoms with van der Waals surface area (Å²) in [7, 11) is 0. The van der Waals surface area contributed by atoms with E-state index in [0.29, 0.717) is 11.5 Å². The van der Waals surface area contributed by atoms with Gasteiger partial charge in [0.05, 0.1) is 5.56 Å². The van der Waals surface area contributed by atoms with E-state index < -0.39 is 0 Å². The van der Waals surface area contributed by atoms with E-state index in [1.807, 2.05) is 36.4 Å². The highest BCUT2D eigenvalue weighted by atomic mass is 16.7. The Morgan fingerprint density at radius 2 is 1.72 bits per heavy atom. The minimum Gasteiger partial charge on any atom is -0.454 e. The topological polar surface area (TPSA) is 44.8 Å². The summed E-state index contributed by atoms with van der Waals surface area (Å²) in [5.41, 5.74) is 1.57. The van der Waals surface area contributed by atoms with Gasteiger partial charge < -0.3 is 14.2 Å². The number of hydrogen-bond donors (Lipinski definition) is 0. The van der Waals surface area contributed by atoms with Crippen LogP contribution in [-0.4, -0.2) is 12.8 Å². The zero-order valence-electron chi connectivity index (χ0n) is 14.1. The lowest BCUT2D eigenvalue weighted by Crippen LogP contribution is -2.22. The van der Waals surface area contributed by atoms with Crippen molar-refractivity contribution >= 4 is 5.97 Å². The maximum absolute atomic E-state index is 12.6. The lowest BCUT2D eigenvalue weighted by Gasteiger charge is -2.30. The fraction of sp³-hybridized carbons (Fsp3) is 0.381. The molecule has 4 rings (SSSR count). The van der Waals surface area contributed by atoms with Gasteiger partial charge in [-0.05, 0) is 42.7 Å². The first-order valence-corrected chi connectivity index (χ1v) is 8.97. The number of rotatable bonds is 4. The Kier molecular flexibility index (Phi) is 4.59. The molecule has 1 heterocycles. The van der Waals surface area contributed by atoms with E-state index in [4.69, 9.17) is 14.2 Å². The molecule has 130 valence electrons. The van der Waals surface area contributed by atoms with Crippen LogP contribution in [0.1, 0.15) is 54.1 Å². The van der Waals surface area contributed by atoms with Crippen molar-refractivity contribution in [2.45, 2.75) is 38.2 Å². The third-order valence-electron chi connectivity index (χ3n) is 5.05. The summed E-state index contributed by atoms with van der Waals surface area (Å²) in [4.78, 5) is 12.6. The number of ether oxygens (including phenoxy) is 3. The molecule has 1 aliphatic heterocycles. The molecule has 1 atom stereocenters. The molecule has 2 aromatic rings. The van der Waals surface area contributed by atoms with E-state index >= 15 is 0 Å². The first-order chi connectivity index (χ1) is 12.3. The highest BCUT2D eigenvalue weighted by Gasteiger charge is 2.30. The zero-order valence-corrected chi connectivity index (χ0v) is 14.1. The average molecular weight is 338 g/mol. The van der Waals surface area contributed by atoms with Crippen molar-refractivity contribution in [3.05, 3.63) is 59.7 Å². The van der Waals surface area contributed by atoms with Crippen molar-refractivity contribution in [3.8, 4) is 11.5 Å². The molecule has 1 saturated carbocycles. The molecule has 0 saturated heterocycles. The van der Waals surface area contributed by atoms with E-state index in [1.165, 1.54) is 19.3 Å². The van der Waals surface area contributed by atoms with Crippen molar-refractivity contribution in [1.82, 2.24) is 0 Å². The smallest absolute Gasteiger partial charge is 0.338 e. The summed E-state index contributed by atoms with van der Waals surface area (Å²) < 4.78 is 16.9. The number of hydrogen-bond acceptors (Lipinski definition) is 4. The lowest BCUT2D eigenvalue weighted by molar-refractivity contribution is 0.00663. The number of benzene rings is 2. The number of esters is 1. The third-order valence-corrected chi connectivity index (χ3v) is 5.05. The van der Waals surface area contributed by atoms with Crippen LogP contribution in [0.2, 0.25) is 0 Å². The van der Waals surface area contributed by atoms with E-state index in [0.717, 1.165) is 29.9 Å². The number of carbonyl (C=O) groups is 1. The predicted octanol–water partition coefficient (Wildman–Crippen LogP) is 4.89. The summed E-state index contributed by atoms with van der Waals surface area (Å²) in [6, 6.07) is 15.0. The third kappa shape index (κ3) is 3.48. The summed E-state index contributed by atoms with van der Waals surface area (Å²) >= 11 is 0. The van der Waals surface area contributed by atoms with Crippen LogP contribution >= 0.6 is 0 Å². The van der Waals surface area contributed by atoms with E-state index in [-0.39, 0.29) is 18.9 Å². The van der Waals surface area contributed by atoms with Crippen molar-refractivity contribution < 1.29 is 19.0 Å². The Hall–Kier alpha value is -2.49. The van der Waals surface area contributed by atoms with Gasteiger partial charge in [-0.2, -0.15) is 0 Å².